The van der Waals surface area contributed by atoms with Gasteiger partial charge in [0.15, 0.2) is 6.67 Å². The standard InChI is InChI=1S/C13H9F5O2S/c1-20-11(19)10-5-7-4-8(2-3-9(7)21-10)13(17,18)12(15,16)6-14/h2-5H,6H2,1H3. The Hall–Kier alpha value is -1.70. The van der Waals surface area contributed by atoms with Crippen molar-refractivity contribution in [2.75, 3.05) is 13.8 Å². The Labute approximate surface area is 120 Å². The van der Waals surface area contributed by atoms with E-state index in [0.29, 0.717) is 4.70 Å². The number of ether oxygens (including phenoxy) is 1. The fourth-order valence-corrected chi connectivity index (χ4v) is 2.70. The first-order valence-corrected chi connectivity index (χ1v) is 6.48. The molecule has 0 radical (unpaired) electrons. The maximum atomic E-state index is 13.6. The normalized spacial score (nSPS) is 12.7. The zero-order valence-corrected chi connectivity index (χ0v) is 11.4. The quantitative estimate of drug-likeness (QED) is 0.616. The Kier molecular flexibility index (Phi) is 3.92. The second-order valence-corrected chi connectivity index (χ2v) is 5.35. The molecule has 2 aromatic rings. The van der Waals surface area contributed by atoms with Crippen molar-refractivity contribution in [3.05, 3.63) is 34.7 Å². The van der Waals surface area contributed by atoms with Gasteiger partial charge in [0.2, 0.25) is 0 Å². The van der Waals surface area contributed by atoms with Crippen LogP contribution in [0.25, 0.3) is 10.1 Å². The molecule has 0 saturated carbocycles. The lowest BCUT2D eigenvalue weighted by molar-refractivity contribution is -0.222. The molecule has 8 heteroatoms. The zero-order chi connectivity index (χ0) is 15.8. The van der Waals surface area contributed by atoms with E-state index >= 15 is 0 Å². The number of halogens is 5. The average Bonchev–Trinajstić information content (AvgIpc) is 2.88. The van der Waals surface area contributed by atoms with Crippen molar-refractivity contribution in [1.82, 2.24) is 0 Å². The summed E-state index contributed by atoms with van der Waals surface area (Å²) in [4.78, 5) is 11.5. The summed E-state index contributed by atoms with van der Waals surface area (Å²) < 4.78 is 70.3. The molecule has 0 aliphatic heterocycles. The third-order valence-corrected chi connectivity index (χ3v) is 3.99. The number of methoxy groups -OCH3 is 1. The Morgan fingerprint density at radius 1 is 1.24 bits per heavy atom. The zero-order valence-electron chi connectivity index (χ0n) is 10.6. The predicted octanol–water partition coefficient (Wildman–Crippen LogP) is 4.38. The Bertz CT molecular complexity index is 680. The van der Waals surface area contributed by atoms with E-state index in [2.05, 4.69) is 4.74 Å². The van der Waals surface area contributed by atoms with Gasteiger partial charge in [-0.15, -0.1) is 11.3 Å². The highest BCUT2D eigenvalue weighted by molar-refractivity contribution is 7.20. The van der Waals surface area contributed by atoms with Crippen LogP contribution in [0.1, 0.15) is 15.2 Å². The lowest BCUT2D eigenvalue weighted by atomic mass is 10.0. The highest BCUT2D eigenvalue weighted by Gasteiger charge is 2.57. The number of carbonyl (C=O) groups is 1. The van der Waals surface area contributed by atoms with E-state index in [-0.39, 0.29) is 10.3 Å². The Morgan fingerprint density at radius 3 is 2.48 bits per heavy atom. The lowest BCUT2D eigenvalue weighted by Crippen LogP contribution is -2.39. The van der Waals surface area contributed by atoms with Gasteiger partial charge in [-0.1, -0.05) is 6.07 Å². The summed E-state index contributed by atoms with van der Waals surface area (Å²) in [5, 5.41) is 0.187. The number of rotatable bonds is 4. The van der Waals surface area contributed by atoms with Crippen LogP contribution >= 0.6 is 11.3 Å². The van der Waals surface area contributed by atoms with E-state index in [1.165, 1.54) is 12.1 Å². The molecule has 0 spiro atoms. The van der Waals surface area contributed by atoms with Crippen LogP contribution in [0.5, 0.6) is 0 Å². The molecule has 1 heterocycles. The summed E-state index contributed by atoms with van der Waals surface area (Å²) in [7, 11) is 1.16. The SMILES string of the molecule is COC(=O)c1cc2cc(C(F)(F)C(F)(F)CF)ccc2s1. The molecule has 1 aromatic carbocycles. The Balaban J connectivity index is 2.50. The monoisotopic (exact) mass is 324 g/mol. The highest BCUT2D eigenvalue weighted by atomic mass is 32.1. The van der Waals surface area contributed by atoms with Crippen molar-refractivity contribution >= 4 is 27.4 Å². The van der Waals surface area contributed by atoms with Gasteiger partial charge in [-0.05, 0) is 23.6 Å². The van der Waals surface area contributed by atoms with Crippen LogP contribution in [0, 0.1) is 0 Å². The summed E-state index contributed by atoms with van der Waals surface area (Å²) >= 11 is 0.982. The van der Waals surface area contributed by atoms with E-state index in [1.54, 1.807) is 0 Å². The molecule has 1 aromatic heterocycles. The van der Waals surface area contributed by atoms with Crippen molar-refractivity contribution in [2.45, 2.75) is 11.8 Å². The minimum Gasteiger partial charge on any atom is -0.465 e. The number of hydrogen-bond acceptors (Lipinski definition) is 3. The molecule has 2 nitrogen and oxygen atoms in total. The number of esters is 1. The molecule has 0 amide bonds. The first-order valence-electron chi connectivity index (χ1n) is 5.67. The molecule has 21 heavy (non-hydrogen) atoms. The van der Waals surface area contributed by atoms with Crippen LogP contribution in [0.3, 0.4) is 0 Å². The molecular weight excluding hydrogens is 315 g/mol. The first-order chi connectivity index (χ1) is 9.72. The van der Waals surface area contributed by atoms with Crippen LogP contribution in [-0.2, 0) is 10.7 Å². The third-order valence-electron chi connectivity index (χ3n) is 2.89. The number of benzene rings is 1. The van der Waals surface area contributed by atoms with Crippen molar-refractivity contribution in [3.63, 3.8) is 0 Å². The molecule has 0 saturated heterocycles. The van der Waals surface area contributed by atoms with Crippen molar-refractivity contribution in [1.29, 1.82) is 0 Å². The largest absolute Gasteiger partial charge is 0.465 e. The first kappa shape index (κ1) is 15.7. The number of thiophene rings is 1. The molecule has 0 fully saturated rings. The van der Waals surface area contributed by atoms with Crippen LogP contribution in [0.15, 0.2) is 24.3 Å². The van der Waals surface area contributed by atoms with Crippen LogP contribution < -0.4 is 0 Å². The minimum atomic E-state index is -4.79. The smallest absolute Gasteiger partial charge is 0.348 e. The summed E-state index contributed by atoms with van der Waals surface area (Å²) in [6, 6.07) is 4.06. The summed E-state index contributed by atoms with van der Waals surface area (Å²) in [6.45, 7) is -2.46. The van der Waals surface area contributed by atoms with Crippen LogP contribution in [0.2, 0.25) is 0 Å². The molecule has 2 rings (SSSR count). The molecule has 0 atom stereocenters. The maximum Gasteiger partial charge on any atom is 0.348 e. The van der Waals surface area contributed by atoms with Gasteiger partial charge in [0.05, 0.1) is 7.11 Å². The van der Waals surface area contributed by atoms with Crippen molar-refractivity contribution in [2.24, 2.45) is 0 Å². The van der Waals surface area contributed by atoms with Gasteiger partial charge in [-0.2, -0.15) is 17.6 Å². The third kappa shape index (κ3) is 2.59. The highest BCUT2D eigenvalue weighted by Crippen LogP contribution is 2.44. The Morgan fingerprint density at radius 2 is 1.90 bits per heavy atom. The molecular formula is C13H9F5O2S. The molecule has 0 unspecified atom stereocenters. The summed E-state index contributed by atoms with van der Waals surface area (Å²) in [5.74, 6) is -10.1. The van der Waals surface area contributed by atoms with Gasteiger partial charge in [0.1, 0.15) is 4.88 Å². The predicted molar refractivity (Wildman–Crippen MR) is 68.0 cm³/mol. The van der Waals surface area contributed by atoms with Gasteiger partial charge < -0.3 is 4.74 Å². The summed E-state index contributed by atoms with van der Waals surface area (Å²) in [6.07, 6.45) is 0. The van der Waals surface area contributed by atoms with E-state index in [0.717, 1.165) is 30.6 Å². The molecule has 0 N–H and O–H groups in total. The lowest BCUT2D eigenvalue weighted by Gasteiger charge is -2.24. The molecule has 0 aliphatic carbocycles. The van der Waals surface area contributed by atoms with E-state index < -0.39 is 30.1 Å². The second-order valence-electron chi connectivity index (χ2n) is 4.27. The van der Waals surface area contributed by atoms with E-state index in [1.807, 2.05) is 0 Å². The topological polar surface area (TPSA) is 26.3 Å². The number of alkyl halides is 5. The van der Waals surface area contributed by atoms with Gasteiger partial charge in [0, 0.05) is 10.3 Å². The van der Waals surface area contributed by atoms with Gasteiger partial charge >= 0.3 is 17.8 Å². The number of fused-ring (bicyclic) bond motifs is 1. The van der Waals surface area contributed by atoms with Crippen LogP contribution in [0.4, 0.5) is 22.0 Å². The second kappa shape index (κ2) is 5.25. The van der Waals surface area contributed by atoms with Gasteiger partial charge in [-0.25, -0.2) is 9.18 Å². The van der Waals surface area contributed by atoms with Gasteiger partial charge in [-0.3, -0.25) is 0 Å². The maximum absolute atomic E-state index is 13.6. The molecule has 114 valence electrons. The fourth-order valence-electron chi connectivity index (χ4n) is 1.73. The molecule has 0 aliphatic rings. The van der Waals surface area contributed by atoms with E-state index in [9.17, 15) is 26.7 Å². The van der Waals surface area contributed by atoms with Gasteiger partial charge in [0.25, 0.3) is 0 Å². The average molecular weight is 324 g/mol. The van der Waals surface area contributed by atoms with Crippen molar-refractivity contribution < 1.29 is 31.5 Å². The number of hydrogen-bond donors (Lipinski definition) is 0. The van der Waals surface area contributed by atoms with E-state index in [4.69, 9.17) is 0 Å². The minimum absolute atomic E-state index is 0.158. The van der Waals surface area contributed by atoms with Crippen LogP contribution in [-0.4, -0.2) is 25.7 Å². The van der Waals surface area contributed by atoms with Crippen molar-refractivity contribution in [3.8, 4) is 0 Å². The summed E-state index contributed by atoms with van der Waals surface area (Å²) in [5.41, 5.74) is -1.01. The molecule has 0 bridgehead atoms. The number of carbonyl (C=O) groups excluding carboxylic acids is 1. The fraction of sp³-hybridized carbons (Fsp3) is 0.308.